The molecule has 0 spiro atoms. The molecule has 0 radical (unpaired) electrons. The minimum Gasteiger partial charge on any atom is -0.342 e. The van der Waals surface area contributed by atoms with Crippen LogP contribution >= 0.6 is 0 Å². The number of benzene rings is 2. The number of aromatic nitrogens is 2. The van der Waals surface area contributed by atoms with Crippen LogP contribution in [0.4, 0.5) is 5.69 Å². The molecule has 0 saturated heterocycles. The third kappa shape index (κ3) is 4.80. The van der Waals surface area contributed by atoms with E-state index in [-0.39, 0.29) is 5.91 Å². The van der Waals surface area contributed by atoms with E-state index in [1.807, 2.05) is 12.1 Å². The summed E-state index contributed by atoms with van der Waals surface area (Å²) < 4.78 is 0. The normalized spacial score (nSPS) is 15.0. The zero-order valence-electron chi connectivity index (χ0n) is 16.6. The van der Waals surface area contributed by atoms with Crippen LogP contribution in [0.25, 0.3) is 11.0 Å². The first-order valence-electron chi connectivity index (χ1n) is 10.5. The standard InChI is InChI=1S/C24H29N3O/c1-17-7-13-21-22(15-17)27-23(26-21)14-10-18-8-11-20(12-9-18)25-24(28)16-19-5-3-2-4-6-19/h7-9,11-13,15,19H,2-6,10,14,16H2,1H3,(H,25,28)(H,26,27). The second kappa shape index (κ2) is 8.59. The van der Waals surface area contributed by atoms with E-state index in [1.54, 1.807) is 0 Å². The van der Waals surface area contributed by atoms with Gasteiger partial charge in [0.25, 0.3) is 0 Å². The number of aromatic amines is 1. The van der Waals surface area contributed by atoms with Gasteiger partial charge < -0.3 is 10.3 Å². The molecule has 2 N–H and O–H groups in total. The lowest BCUT2D eigenvalue weighted by molar-refractivity contribution is -0.117. The minimum absolute atomic E-state index is 0.150. The number of H-pyrrole nitrogens is 1. The van der Waals surface area contributed by atoms with Crippen molar-refractivity contribution in [3.05, 3.63) is 59.4 Å². The van der Waals surface area contributed by atoms with Gasteiger partial charge in [-0.1, -0.05) is 37.5 Å². The van der Waals surface area contributed by atoms with E-state index in [0.29, 0.717) is 12.3 Å². The van der Waals surface area contributed by atoms with Gasteiger partial charge >= 0.3 is 0 Å². The van der Waals surface area contributed by atoms with Crippen molar-refractivity contribution in [1.29, 1.82) is 0 Å². The van der Waals surface area contributed by atoms with Crippen LogP contribution < -0.4 is 5.32 Å². The van der Waals surface area contributed by atoms with E-state index in [4.69, 9.17) is 0 Å². The van der Waals surface area contributed by atoms with E-state index < -0.39 is 0 Å². The van der Waals surface area contributed by atoms with Crippen molar-refractivity contribution in [3.8, 4) is 0 Å². The van der Waals surface area contributed by atoms with Crippen LogP contribution in [0.1, 0.15) is 55.5 Å². The Balaban J connectivity index is 1.29. The van der Waals surface area contributed by atoms with Gasteiger partial charge in [0, 0.05) is 18.5 Å². The first-order chi connectivity index (χ1) is 13.7. The Morgan fingerprint density at radius 3 is 2.64 bits per heavy atom. The van der Waals surface area contributed by atoms with Crippen molar-refractivity contribution in [1.82, 2.24) is 9.97 Å². The minimum atomic E-state index is 0.150. The van der Waals surface area contributed by atoms with Gasteiger partial charge in [-0.25, -0.2) is 4.98 Å². The monoisotopic (exact) mass is 375 g/mol. The lowest BCUT2D eigenvalue weighted by Crippen LogP contribution is -2.18. The van der Waals surface area contributed by atoms with Crippen LogP contribution in [-0.2, 0) is 17.6 Å². The van der Waals surface area contributed by atoms with Crippen molar-refractivity contribution in [2.75, 3.05) is 5.32 Å². The zero-order chi connectivity index (χ0) is 19.3. The summed E-state index contributed by atoms with van der Waals surface area (Å²) in [5, 5.41) is 3.06. The predicted octanol–water partition coefficient (Wildman–Crippen LogP) is 5.57. The van der Waals surface area contributed by atoms with E-state index in [2.05, 4.69) is 52.5 Å². The highest BCUT2D eigenvalue weighted by molar-refractivity contribution is 5.90. The van der Waals surface area contributed by atoms with Gasteiger partial charge in [0.05, 0.1) is 11.0 Å². The highest BCUT2D eigenvalue weighted by atomic mass is 16.1. The average Bonchev–Trinajstić information content (AvgIpc) is 3.10. The summed E-state index contributed by atoms with van der Waals surface area (Å²) in [5.74, 6) is 1.74. The van der Waals surface area contributed by atoms with Crippen LogP contribution in [0.3, 0.4) is 0 Å². The maximum Gasteiger partial charge on any atom is 0.224 e. The molecule has 1 saturated carbocycles. The van der Waals surface area contributed by atoms with Gasteiger partial charge in [0.2, 0.25) is 5.91 Å². The number of nitrogens with one attached hydrogen (secondary N) is 2. The highest BCUT2D eigenvalue weighted by Crippen LogP contribution is 2.26. The molecule has 1 aliphatic rings. The Bertz CT molecular complexity index is 936. The number of imidazole rings is 1. The predicted molar refractivity (Wildman–Crippen MR) is 115 cm³/mol. The molecule has 1 amide bonds. The fourth-order valence-corrected chi connectivity index (χ4v) is 4.18. The lowest BCUT2D eigenvalue weighted by Gasteiger charge is -2.20. The van der Waals surface area contributed by atoms with Crippen LogP contribution in [0.15, 0.2) is 42.5 Å². The number of hydrogen-bond acceptors (Lipinski definition) is 2. The summed E-state index contributed by atoms with van der Waals surface area (Å²) >= 11 is 0. The fraction of sp³-hybridized carbons (Fsp3) is 0.417. The smallest absolute Gasteiger partial charge is 0.224 e. The van der Waals surface area contributed by atoms with Crippen LogP contribution in [0.2, 0.25) is 0 Å². The van der Waals surface area contributed by atoms with Crippen molar-refractivity contribution in [2.45, 2.75) is 58.3 Å². The van der Waals surface area contributed by atoms with Gasteiger partial charge in [0.15, 0.2) is 0 Å². The van der Waals surface area contributed by atoms with E-state index in [1.165, 1.54) is 43.2 Å². The summed E-state index contributed by atoms with van der Waals surface area (Å²) in [6.07, 6.45) is 8.74. The molecule has 1 fully saturated rings. The number of carbonyl (C=O) groups is 1. The second-order valence-electron chi connectivity index (χ2n) is 8.16. The first-order valence-corrected chi connectivity index (χ1v) is 10.5. The number of aryl methyl sites for hydroxylation is 3. The van der Waals surface area contributed by atoms with Crippen LogP contribution in [0.5, 0.6) is 0 Å². The molecular formula is C24H29N3O. The van der Waals surface area contributed by atoms with Gasteiger partial charge in [0.1, 0.15) is 5.82 Å². The topological polar surface area (TPSA) is 57.8 Å². The maximum absolute atomic E-state index is 12.3. The number of rotatable bonds is 6. The van der Waals surface area contributed by atoms with Gasteiger partial charge in [-0.15, -0.1) is 0 Å². The van der Waals surface area contributed by atoms with Crippen molar-refractivity contribution >= 4 is 22.6 Å². The number of carbonyl (C=O) groups excluding carboxylic acids is 1. The molecule has 0 unspecified atom stereocenters. The molecule has 0 bridgehead atoms. The number of amides is 1. The second-order valence-corrected chi connectivity index (χ2v) is 8.16. The van der Waals surface area contributed by atoms with Crippen molar-refractivity contribution < 1.29 is 4.79 Å². The quantitative estimate of drug-likeness (QED) is 0.592. The molecule has 3 aromatic rings. The van der Waals surface area contributed by atoms with Crippen LogP contribution in [-0.4, -0.2) is 15.9 Å². The zero-order valence-corrected chi connectivity index (χ0v) is 16.6. The number of anilines is 1. The molecule has 28 heavy (non-hydrogen) atoms. The molecule has 146 valence electrons. The van der Waals surface area contributed by atoms with Gasteiger partial charge in [-0.2, -0.15) is 0 Å². The maximum atomic E-state index is 12.3. The van der Waals surface area contributed by atoms with E-state index in [0.717, 1.165) is 35.4 Å². The molecule has 4 rings (SSSR count). The van der Waals surface area contributed by atoms with Crippen molar-refractivity contribution in [2.24, 2.45) is 5.92 Å². The van der Waals surface area contributed by atoms with Gasteiger partial charge in [-0.05, 0) is 67.5 Å². The SMILES string of the molecule is Cc1ccc2nc(CCc3ccc(NC(=O)CC4CCCCC4)cc3)[nH]c2c1. The highest BCUT2D eigenvalue weighted by Gasteiger charge is 2.17. The Labute approximate surface area is 166 Å². The molecular weight excluding hydrogens is 346 g/mol. The number of nitrogens with zero attached hydrogens (tertiary/aromatic N) is 1. The van der Waals surface area contributed by atoms with Gasteiger partial charge in [-0.3, -0.25) is 4.79 Å². The lowest BCUT2D eigenvalue weighted by atomic mass is 9.87. The first kappa shape index (κ1) is 18.7. The third-order valence-corrected chi connectivity index (χ3v) is 5.77. The number of fused-ring (bicyclic) bond motifs is 1. The van der Waals surface area contributed by atoms with Crippen LogP contribution in [0, 0.1) is 12.8 Å². The molecule has 0 aliphatic heterocycles. The Kier molecular flexibility index (Phi) is 5.75. The molecule has 4 nitrogen and oxygen atoms in total. The fourth-order valence-electron chi connectivity index (χ4n) is 4.18. The molecule has 1 aliphatic carbocycles. The molecule has 2 aromatic carbocycles. The van der Waals surface area contributed by atoms with E-state index >= 15 is 0 Å². The molecule has 4 heteroatoms. The third-order valence-electron chi connectivity index (χ3n) is 5.77. The summed E-state index contributed by atoms with van der Waals surface area (Å²) in [7, 11) is 0. The van der Waals surface area contributed by atoms with E-state index in [9.17, 15) is 4.79 Å². The Hall–Kier alpha value is -2.62. The average molecular weight is 376 g/mol. The summed E-state index contributed by atoms with van der Waals surface area (Å²) in [6.45, 7) is 2.09. The summed E-state index contributed by atoms with van der Waals surface area (Å²) in [4.78, 5) is 20.3. The Morgan fingerprint density at radius 2 is 1.86 bits per heavy atom. The largest absolute Gasteiger partial charge is 0.342 e. The molecule has 1 heterocycles. The summed E-state index contributed by atoms with van der Waals surface area (Å²) in [6, 6.07) is 14.5. The molecule has 0 atom stereocenters. The van der Waals surface area contributed by atoms with Crippen molar-refractivity contribution in [3.63, 3.8) is 0 Å². The summed E-state index contributed by atoms with van der Waals surface area (Å²) in [5.41, 5.74) is 5.51. The Morgan fingerprint density at radius 1 is 1.07 bits per heavy atom. The number of hydrogen-bond donors (Lipinski definition) is 2. The molecule has 1 aromatic heterocycles.